The zero-order valence-electron chi connectivity index (χ0n) is 14.1. The first kappa shape index (κ1) is 17.7. The lowest BCUT2D eigenvalue weighted by molar-refractivity contribution is -0.136. The maximum absolute atomic E-state index is 12.1. The first-order chi connectivity index (χ1) is 11.7. The number of anilines is 1. The van der Waals surface area contributed by atoms with Gasteiger partial charge >= 0.3 is 11.8 Å². The molecule has 126 valence electrons. The summed E-state index contributed by atoms with van der Waals surface area (Å²) in [7, 11) is 0. The van der Waals surface area contributed by atoms with Crippen molar-refractivity contribution in [1.29, 1.82) is 0 Å². The monoisotopic (exact) mass is 325 g/mol. The Kier molecular flexibility index (Phi) is 6.49. The van der Waals surface area contributed by atoms with E-state index < -0.39 is 11.8 Å². The average molecular weight is 325 g/mol. The molecule has 0 heterocycles. The molecule has 0 radical (unpaired) electrons. The summed E-state index contributed by atoms with van der Waals surface area (Å²) in [5.74, 6) is -1.48. The second-order valence-corrected chi connectivity index (χ2v) is 5.60. The number of fused-ring (bicyclic) bond motifs is 1. The van der Waals surface area contributed by atoms with E-state index >= 15 is 0 Å². The van der Waals surface area contributed by atoms with Gasteiger partial charge in [0.05, 0.1) is 0 Å². The average Bonchev–Trinajstić information content (AvgIpc) is 2.60. The number of amides is 2. The summed E-state index contributed by atoms with van der Waals surface area (Å²) in [5.41, 5.74) is 3.88. The highest BCUT2D eigenvalue weighted by atomic mass is 16.2. The van der Waals surface area contributed by atoms with E-state index in [4.69, 9.17) is 0 Å². The maximum Gasteiger partial charge on any atom is 0.329 e. The Morgan fingerprint density at radius 2 is 1.58 bits per heavy atom. The standard InChI is InChI=1S/C19H23N3O2/c1-3-8-15(9-4-2)21-22-19(24)18(23)20-17-13-7-11-14-10-5-6-12-16(14)17/h5-7,10-13H,3-4,8-9H2,1-2H3,(H,20,23)(H,22,24). The number of benzene rings is 2. The van der Waals surface area contributed by atoms with Crippen molar-refractivity contribution in [1.82, 2.24) is 5.43 Å². The van der Waals surface area contributed by atoms with E-state index in [0.29, 0.717) is 5.69 Å². The van der Waals surface area contributed by atoms with Crippen LogP contribution in [0.15, 0.2) is 47.6 Å². The van der Waals surface area contributed by atoms with Crippen LogP contribution in [0.3, 0.4) is 0 Å². The summed E-state index contributed by atoms with van der Waals surface area (Å²) in [6, 6.07) is 13.3. The Balaban J connectivity index is 2.05. The molecule has 0 fully saturated rings. The first-order valence-electron chi connectivity index (χ1n) is 8.30. The van der Waals surface area contributed by atoms with Crippen molar-refractivity contribution in [3.05, 3.63) is 42.5 Å². The summed E-state index contributed by atoms with van der Waals surface area (Å²) < 4.78 is 0. The van der Waals surface area contributed by atoms with Gasteiger partial charge in [-0.15, -0.1) is 0 Å². The second-order valence-electron chi connectivity index (χ2n) is 5.60. The molecule has 5 heteroatoms. The summed E-state index contributed by atoms with van der Waals surface area (Å²) in [5, 5.41) is 8.63. The number of carbonyl (C=O) groups excluding carboxylic acids is 2. The summed E-state index contributed by atoms with van der Waals surface area (Å²) in [6.07, 6.45) is 3.55. The van der Waals surface area contributed by atoms with Gasteiger partial charge in [-0.2, -0.15) is 5.10 Å². The highest BCUT2D eigenvalue weighted by Gasteiger charge is 2.14. The van der Waals surface area contributed by atoms with Crippen LogP contribution >= 0.6 is 0 Å². The normalized spacial score (nSPS) is 10.2. The molecular formula is C19H23N3O2. The third kappa shape index (κ3) is 4.65. The zero-order chi connectivity index (χ0) is 17.4. The first-order valence-corrected chi connectivity index (χ1v) is 8.30. The molecular weight excluding hydrogens is 302 g/mol. The number of hydrogen-bond acceptors (Lipinski definition) is 3. The predicted molar refractivity (Wildman–Crippen MR) is 98.0 cm³/mol. The molecule has 0 unspecified atom stereocenters. The fourth-order valence-corrected chi connectivity index (χ4v) is 2.51. The molecule has 0 saturated heterocycles. The molecule has 0 atom stereocenters. The molecule has 0 saturated carbocycles. The van der Waals surface area contributed by atoms with Crippen LogP contribution in [0.25, 0.3) is 10.8 Å². The van der Waals surface area contributed by atoms with Gasteiger partial charge in [0.25, 0.3) is 0 Å². The van der Waals surface area contributed by atoms with Crippen LogP contribution in [-0.4, -0.2) is 17.5 Å². The van der Waals surface area contributed by atoms with Crippen LogP contribution in [0.4, 0.5) is 5.69 Å². The Morgan fingerprint density at radius 1 is 0.917 bits per heavy atom. The molecule has 0 aliphatic carbocycles. The van der Waals surface area contributed by atoms with E-state index in [1.165, 1.54) is 0 Å². The lowest BCUT2D eigenvalue weighted by atomic mass is 10.1. The van der Waals surface area contributed by atoms with Crippen molar-refractivity contribution in [2.45, 2.75) is 39.5 Å². The molecule has 24 heavy (non-hydrogen) atoms. The van der Waals surface area contributed by atoms with E-state index in [2.05, 4.69) is 29.7 Å². The Labute approximate surface area is 142 Å². The van der Waals surface area contributed by atoms with Gasteiger partial charge in [0.1, 0.15) is 0 Å². The predicted octanol–water partition coefficient (Wildman–Crippen LogP) is 3.85. The molecule has 0 bridgehead atoms. The fraction of sp³-hybridized carbons (Fsp3) is 0.316. The quantitative estimate of drug-likeness (QED) is 0.481. The van der Waals surface area contributed by atoms with Crippen LogP contribution in [0.5, 0.6) is 0 Å². The van der Waals surface area contributed by atoms with Gasteiger partial charge in [-0.25, -0.2) is 5.43 Å². The number of nitrogens with one attached hydrogen (secondary N) is 2. The summed E-state index contributed by atoms with van der Waals surface area (Å²) in [6.45, 7) is 4.11. The molecule has 0 aromatic heterocycles. The molecule has 0 aliphatic heterocycles. The highest BCUT2D eigenvalue weighted by molar-refractivity contribution is 6.40. The smallest absolute Gasteiger partial charge is 0.317 e. The van der Waals surface area contributed by atoms with Crippen LogP contribution in [0, 0.1) is 0 Å². The Bertz CT molecular complexity index is 740. The lowest BCUT2D eigenvalue weighted by Crippen LogP contribution is -2.33. The zero-order valence-corrected chi connectivity index (χ0v) is 14.1. The molecule has 2 N–H and O–H groups in total. The van der Waals surface area contributed by atoms with Crippen LogP contribution in [-0.2, 0) is 9.59 Å². The molecule has 0 spiro atoms. The molecule has 2 aromatic rings. The summed E-state index contributed by atoms with van der Waals surface area (Å²) >= 11 is 0. The molecule has 5 nitrogen and oxygen atoms in total. The largest absolute Gasteiger partial charge is 0.329 e. The van der Waals surface area contributed by atoms with E-state index in [1.54, 1.807) is 6.07 Å². The second kappa shape index (κ2) is 8.82. The Hall–Kier alpha value is -2.69. The number of nitrogens with zero attached hydrogens (tertiary/aromatic N) is 1. The van der Waals surface area contributed by atoms with E-state index in [0.717, 1.165) is 42.2 Å². The van der Waals surface area contributed by atoms with Crippen molar-refractivity contribution in [3.63, 3.8) is 0 Å². The number of hydrogen-bond donors (Lipinski definition) is 2. The van der Waals surface area contributed by atoms with Gasteiger partial charge in [0, 0.05) is 16.8 Å². The van der Waals surface area contributed by atoms with Gasteiger partial charge < -0.3 is 5.32 Å². The molecule has 2 rings (SSSR count). The number of hydrazone groups is 1. The molecule has 0 aliphatic rings. The number of rotatable bonds is 6. The third-order valence-electron chi connectivity index (χ3n) is 3.64. The minimum absolute atomic E-state index is 0.611. The number of carbonyl (C=O) groups is 2. The highest BCUT2D eigenvalue weighted by Crippen LogP contribution is 2.22. The molecule has 2 aromatic carbocycles. The van der Waals surface area contributed by atoms with Crippen molar-refractivity contribution < 1.29 is 9.59 Å². The summed E-state index contributed by atoms with van der Waals surface area (Å²) in [4.78, 5) is 24.1. The maximum atomic E-state index is 12.1. The van der Waals surface area contributed by atoms with Crippen LogP contribution < -0.4 is 10.7 Å². The van der Waals surface area contributed by atoms with Gasteiger partial charge in [-0.3, -0.25) is 9.59 Å². The Morgan fingerprint density at radius 3 is 2.29 bits per heavy atom. The fourth-order valence-electron chi connectivity index (χ4n) is 2.51. The van der Waals surface area contributed by atoms with Crippen molar-refractivity contribution in [2.75, 3.05) is 5.32 Å². The van der Waals surface area contributed by atoms with Crippen LogP contribution in [0.2, 0.25) is 0 Å². The topological polar surface area (TPSA) is 70.6 Å². The van der Waals surface area contributed by atoms with E-state index in [9.17, 15) is 9.59 Å². The van der Waals surface area contributed by atoms with Gasteiger partial charge in [0.2, 0.25) is 0 Å². The van der Waals surface area contributed by atoms with E-state index in [-0.39, 0.29) is 0 Å². The van der Waals surface area contributed by atoms with E-state index in [1.807, 2.05) is 36.4 Å². The lowest BCUT2D eigenvalue weighted by Gasteiger charge is -2.08. The SMILES string of the molecule is CCCC(CCC)=NNC(=O)C(=O)Nc1cccc2ccccc12. The van der Waals surface area contributed by atoms with Gasteiger partial charge in [0.15, 0.2) is 0 Å². The minimum Gasteiger partial charge on any atom is -0.317 e. The molecule has 2 amide bonds. The van der Waals surface area contributed by atoms with Gasteiger partial charge in [-0.1, -0.05) is 63.1 Å². The van der Waals surface area contributed by atoms with Gasteiger partial charge in [-0.05, 0) is 24.3 Å². The van der Waals surface area contributed by atoms with Crippen molar-refractivity contribution in [2.24, 2.45) is 5.10 Å². The van der Waals surface area contributed by atoms with Crippen molar-refractivity contribution >= 4 is 34.0 Å². The minimum atomic E-state index is -0.757. The van der Waals surface area contributed by atoms with Crippen molar-refractivity contribution in [3.8, 4) is 0 Å². The third-order valence-corrected chi connectivity index (χ3v) is 3.64. The van der Waals surface area contributed by atoms with Crippen LogP contribution in [0.1, 0.15) is 39.5 Å².